The fourth-order valence-electron chi connectivity index (χ4n) is 3.00. The molecule has 1 saturated carbocycles. The second-order valence-corrected chi connectivity index (χ2v) is 4.01. The summed E-state index contributed by atoms with van der Waals surface area (Å²) in [6.45, 7) is 0. The van der Waals surface area contributed by atoms with Crippen molar-refractivity contribution in [2.75, 3.05) is 0 Å². The standard InChI is InChI=1S/C10H11F/c11-8-4-9-6-1-2-7(3-6)10(9)5-8/h1-2,4,6-7,9-10H,3,5H2. The van der Waals surface area contributed by atoms with Crippen LogP contribution in [0.4, 0.5) is 4.39 Å². The third-order valence-corrected chi connectivity index (χ3v) is 3.49. The van der Waals surface area contributed by atoms with E-state index < -0.39 is 0 Å². The number of allylic oxidation sites excluding steroid dienone is 4. The molecule has 58 valence electrons. The summed E-state index contributed by atoms with van der Waals surface area (Å²) in [5.41, 5.74) is 0. The van der Waals surface area contributed by atoms with Crippen molar-refractivity contribution in [3.63, 3.8) is 0 Å². The Labute approximate surface area is 65.8 Å². The van der Waals surface area contributed by atoms with Crippen LogP contribution in [0.25, 0.3) is 0 Å². The van der Waals surface area contributed by atoms with Gasteiger partial charge in [0.2, 0.25) is 0 Å². The lowest BCUT2D eigenvalue weighted by Gasteiger charge is -2.18. The molecule has 0 N–H and O–H groups in total. The summed E-state index contributed by atoms with van der Waals surface area (Å²) >= 11 is 0. The van der Waals surface area contributed by atoms with E-state index in [0.717, 1.165) is 6.42 Å². The molecule has 0 amide bonds. The summed E-state index contributed by atoms with van der Waals surface area (Å²) < 4.78 is 12.9. The van der Waals surface area contributed by atoms with Crippen molar-refractivity contribution >= 4 is 0 Å². The Kier molecular flexibility index (Phi) is 0.961. The molecule has 1 heteroatoms. The first kappa shape index (κ1) is 5.99. The van der Waals surface area contributed by atoms with Crippen LogP contribution in [0.2, 0.25) is 0 Å². The Morgan fingerprint density at radius 2 is 2.09 bits per heavy atom. The van der Waals surface area contributed by atoms with Gasteiger partial charge in [0, 0.05) is 6.42 Å². The monoisotopic (exact) mass is 150 g/mol. The minimum absolute atomic E-state index is 0.137. The van der Waals surface area contributed by atoms with Crippen LogP contribution in [0.15, 0.2) is 24.1 Å². The van der Waals surface area contributed by atoms with Crippen molar-refractivity contribution in [1.82, 2.24) is 0 Å². The zero-order valence-corrected chi connectivity index (χ0v) is 6.33. The van der Waals surface area contributed by atoms with Gasteiger partial charge < -0.3 is 0 Å². The highest BCUT2D eigenvalue weighted by molar-refractivity contribution is 5.23. The van der Waals surface area contributed by atoms with E-state index in [4.69, 9.17) is 0 Å². The van der Waals surface area contributed by atoms with Crippen LogP contribution in [0.3, 0.4) is 0 Å². The molecule has 4 atom stereocenters. The van der Waals surface area contributed by atoms with Crippen LogP contribution >= 0.6 is 0 Å². The van der Waals surface area contributed by atoms with E-state index in [1.54, 1.807) is 0 Å². The predicted molar refractivity (Wildman–Crippen MR) is 41.5 cm³/mol. The van der Waals surface area contributed by atoms with Gasteiger partial charge in [0.05, 0.1) is 5.83 Å². The smallest absolute Gasteiger partial charge is 0.0966 e. The number of rotatable bonds is 0. The lowest BCUT2D eigenvalue weighted by Crippen LogP contribution is -2.12. The van der Waals surface area contributed by atoms with Crippen LogP contribution in [-0.2, 0) is 0 Å². The SMILES string of the molecule is FC1=CC2C3C=CC(C3)C2C1. The van der Waals surface area contributed by atoms with Gasteiger partial charge in [0.15, 0.2) is 0 Å². The highest BCUT2D eigenvalue weighted by atomic mass is 19.1. The van der Waals surface area contributed by atoms with E-state index >= 15 is 0 Å². The average molecular weight is 150 g/mol. The van der Waals surface area contributed by atoms with Gasteiger partial charge in [0.25, 0.3) is 0 Å². The zero-order valence-electron chi connectivity index (χ0n) is 6.33. The van der Waals surface area contributed by atoms with Gasteiger partial charge in [-0.15, -0.1) is 0 Å². The fraction of sp³-hybridized carbons (Fsp3) is 0.600. The van der Waals surface area contributed by atoms with Gasteiger partial charge in [-0.1, -0.05) is 12.2 Å². The Hall–Kier alpha value is -0.590. The van der Waals surface area contributed by atoms with Crippen LogP contribution in [-0.4, -0.2) is 0 Å². The summed E-state index contributed by atoms with van der Waals surface area (Å²) in [5.74, 6) is 2.71. The molecule has 0 aromatic carbocycles. The van der Waals surface area contributed by atoms with Gasteiger partial charge in [-0.2, -0.15) is 0 Å². The minimum Gasteiger partial charge on any atom is -0.212 e. The molecule has 2 bridgehead atoms. The first-order valence-corrected chi connectivity index (χ1v) is 4.39. The summed E-state index contributed by atoms with van der Waals surface area (Å²) in [5, 5.41) is 0. The van der Waals surface area contributed by atoms with Crippen LogP contribution < -0.4 is 0 Å². The summed E-state index contributed by atoms with van der Waals surface area (Å²) in [7, 11) is 0. The molecule has 4 unspecified atom stereocenters. The van der Waals surface area contributed by atoms with Crippen LogP contribution in [0.5, 0.6) is 0 Å². The summed E-state index contributed by atoms with van der Waals surface area (Å²) in [4.78, 5) is 0. The molecule has 1 fully saturated rings. The molecule has 0 nitrogen and oxygen atoms in total. The minimum atomic E-state index is 0.137. The highest BCUT2D eigenvalue weighted by Gasteiger charge is 2.46. The van der Waals surface area contributed by atoms with Gasteiger partial charge >= 0.3 is 0 Å². The molecule has 11 heavy (non-hydrogen) atoms. The number of hydrogen-bond acceptors (Lipinski definition) is 0. The fourth-order valence-corrected chi connectivity index (χ4v) is 3.00. The first-order chi connectivity index (χ1) is 5.34. The largest absolute Gasteiger partial charge is 0.212 e. The van der Waals surface area contributed by atoms with Crippen molar-refractivity contribution < 1.29 is 4.39 Å². The normalized spacial score (nSPS) is 51.5. The van der Waals surface area contributed by atoms with Crippen LogP contribution in [0.1, 0.15) is 12.8 Å². The van der Waals surface area contributed by atoms with Gasteiger partial charge in [-0.05, 0) is 36.2 Å². The molecule has 0 saturated heterocycles. The quantitative estimate of drug-likeness (QED) is 0.466. The first-order valence-electron chi connectivity index (χ1n) is 4.39. The molecular formula is C10H11F. The van der Waals surface area contributed by atoms with Crippen LogP contribution in [0, 0.1) is 23.7 Å². The second-order valence-electron chi connectivity index (χ2n) is 4.01. The maximum absolute atomic E-state index is 12.9. The van der Waals surface area contributed by atoms with E-state index in [0.29, 0.717) is 23.7 Å². The molecule has 3 rings (SSSR count). The summed E-state index contributed by atoms with van der Waals surface area (Å²) in [6, 6.07) is 0. The maximum Gasteiger partial charge on any atom is 0.0966 e. The molecule has 3 aliphatic carbocycles. The van der Waals surface area contributed by atoms with Crippen molar-refractivity contribution in [3.05, 3.63) is 24.1 Å². The zero-order chi connectivity index (χ0) is 7.42. The third kappa shape index (κ3) is 0.640. The average Bonchev–Trinajstić information content (AvgIpc) is 2.53. The van der Waals surface area contributed by atoms with E-state index in [2.05, 4.69) is 12.2 Å². The maximum atomic E-state index is 12.9. The molecule has 3 aliphatic rings. The van der Waals surface area contributed by atoms with Gasteiger partial charge in [-0.25, -0.2) is 4.39 Å². The Morgan fingerprint density at radius 1 is 1.27 bits per heavy atom. The molecule has 0 spiro atoms. The molecular weight excluding hydrogens is 139 g/mol. The highest BCUT2D eigenvalue weighted by Crippen LogP contribution is 2.54. The topological polar surface area (TPSA) is 0 Å². The Morgan fingerprint density at radius 3 is 2.91 bits per heavy atom. The van der Waals surface area contributed by atoms with Crippen molar-refractivity contribution in [2.24, 2.45) is 23.7 Å². The second kappa shape index (κ2) is 1.77. The van der Waals surface area contributed by atoms with E-state index in [1.807, 2.05) is 6.08 Å². The van der Waals surface area contributed by atoms with E-state index in [1.165, 1.54) is 6.42 Å². The Balaban J connectivity index is 1.99. The third-order valence-electron chi connectivity index (χ3n) is 3.49. The molecule has 0 aliphatic heterocycles. The molecule has 0 aromatic heterocycles. The lowest BCUT2D eigenvalue weighted by molar-refractivity contribution is 0.383. The van der Waals surface area contributed by atoms with Gasteiger partial charge in [0.1, 0.15) is 0 Å². The summed E-state index contributed by atoms with van der Waals surface area (Å²) in [6.07, 6.45) is 8.44. The van der Waals surface area contributed by atoms with Crippen molar-refractivity contribution in [3.8, 4) is 0 Å². The predicted octanol–water partition coefficient (Wildman–Crippen LogP) is 2.68. The van der Waals surface area contributed by atoms with E-state index in [-0.39, 0.29) is 5.83 Å². The lowest BCUT2D eigenvalue weighted by atomic mass is 9.86. The van der Waals surface area contributed by atoms with Gasteiger partial charge in [-0.3, -0.25) is 0 Å². The van der Waals surface area contributed by atoms with Crippen molar-refractivity contribution in [1.29, 1.82) is 0 Å². The molecule has 0 radical (unpaired) electrons. The van der Waals surface area contributed by atoms with E-state index in [9.17, 15) is 4.39 Å². The number of hydrogen-bond donors (Lipinski definition) is 0. The Bertz CT molecular complexity index is 252. The molecule has 0 heterocycles. The number of fused-ring (bicyclic) bond motifs is 5. The molecule has 0 aromatic rings. The number of halogens is 1. The van der Waals surface area contributed by atoms with Crippen molar-refractivity contribution in [2.45, 2.75) is 12.8 Å².